The summed E-state index contributed by atoms with van der Waals surface area (Å²) in [6.07, 6.45) is -3.48. The molecule has 1 saturated heterocycles. The molecule has 0 aliphatic carbocycles. The molecule has 1 aliphatic heterocycles. The zero-order valence-electron chi connectivity index (χ0n) is 12.9. The molecule has 1 N–H and O–H groups in total. The van der Waals surface area contributed by atoms with E-state index < -0.39 is 12.8 Å². The minimum Gasteiger partial charge on any atom is -0.370 e. The lowest BCUT2D eigenvalue weighted by Crippen LogP contribution is -2.47. The first-order valence-electron chi connectivity index (χ1n) is 7.05. The monoisotopic (exact) mass is 297 g/mol. The Kier molecular flexibility index (Phi) is 5.49. The van der Waals surface area contributed by atoms with Gasteiger partial charge in [-0.2, -0.15) is 13.2 Å². The predicted octanol–water partition coefficient (Wildman–Crippen LogP) is 3.14. The van der Waals surface area contributed by atoms with Crippen molar-refractivity contribution < 1.29 is 22.6 Å². The van der Waals surface area contributed by atoms with E-state index in [4.69, 9.17) is 9.47 Å². The number of ether oxygens (including phenoxy) is 2. The van der Waals surface area contributed by atoms with Gasteiger partial charge in [0.05, 0.1) is 17.8 Å². The van der Waals surface area contributed by atoms with Crippen molar-refractivity contribution in [2.24, 2.45) is 5.92 Å². The summed E-state index contributed by atoms with van der Waals surface area (Å²) < 4.78 is 47.4. The van der Waals surface area contributed by atoms with Crippen LogP contribution in [-0.4, -0.2) is 43.2 Å². The highest BCUT2D eigenvalue weighted by Gasteiger charge is 2.49. The number of rotatable bonds is 6. The molecular formula is C14H26F3NO2. The van der Waals surface area contributed by atoms with Crippen molar-refractivity contribution >= 4 is 0 Å². The Morgan fingerprint density at radius 2 is 1.90 bits per heavy atom. The van der Waals surface area contributed by atoms with Crippen molar-refractivity contribution in [1.29, 1.82) is 0 Å². The highest BCUT2D eigenvalue weighted by atomic mass is 19.4. The van der Waals surface area contributed by atoms with Gasteiger partial charge in [0.15, 0.2) is 0 Å². The van der Waals surface area contributed by atoms with Gasteiger partial charge in [0, 0.05) is 12.0 Å². The third-order valence-corrected chi connectivity index (χ3v) is 3.66. The average molecular weight is 297 g/mol. The molecule has 1 fully saturated rings. The van der Waals surface area contributed by atoms with Gasteiger partial charge in [0.25, 0.3) is 0 Å². The maximum absolute atomic E-state index is 12.2. The van der Waals surface area contributed by atoms with E-state index in [0.29, 0.717) is 6.54 Å². The molecule has 0 radical (unpaired) electrons. The van der Waals surface area contributed by atoms with Crippen molar-refractivity contribution in [2.75, 3.05) is 19.8 Å². The lowest BCUT2D eigenvalue weighted by atomic mass is 9.82. The summed E-state index contributed by atoms with van der Waals surface area (Å²) >= 11 is 0. The second-order valence-electron chi connectivity index (χ2n) is 6.57. The van der Waals surface area contributed by atoms with Crippen molar-refractivity contribution in [1.82, 2.24) is 5.32 Å². The number of hydrogen-bond acceptors (Lipinski definition) is 3. The van der Waals surface area contributed by atoms with Crippen LogP contribution in [-0.2, 0) is 9.47 Å². The van der Waals surface area contributed by atoms with Crippen LogP contribution in [0, 0.1) is 5.92 Å². The van der Waals surface area contributed by atoms with Crippen LogP contribution in [0.4, 0.5) is 13.2 Å². The fraction of sp³-hybridized carbons (Fsp3) is 1.00. The Bertz CT molecular complexity index is 316. The number of nitrogens with one attached hydrogen (secondary N) is 1. The molecule has 3 nitrogen and oxygen atoms in total. The fourth-order valence-corrected chi connectivity index (χ4v) is 3.11. The van der Waals surface area contributed by atoms with Crippen LogP contribution < -0.4 is 5.32 Å². The third kappa shape index (κ3) is 5.22. The van der Waals surface area contributed by atoms with Gasteiger partial charge < -0.3 is 14.8 Å². The first-order valence-corrected chi connectivity index (χ1v) is 7.05. The van der Waals surface area contributed by atoms with Crippen molar-refractivity contribution in [3.8, 4) is 0 Å². The second-order valence-corrected chi connectivity index (χ2v) is 6.57. The molecular weight excluding hydrogens is 271 g/mol. The molecule has 2 atom stereocenters. The summed E-state index contributed by atoms with van der Waals surface area (Å²) in [6.45, 7) is 9.45. The van der Waals surface area contributed by atoms with Gasteiger partial charge in [0.1, 0.15) is 6.61 Å². The van der Waals surface area contributed by atoms with Crippen molar-refractivity contribution in [2.45, 2.75) is 64.5 Å². The van der Waals surface area contributed by atoms with Gasteiger partial charge in [-0.3, -0.25) is 0 Å². The van der Waals surface area contributed by atoms with E-state index in [-0.39, 0.29) is 29.8 Å². The minimum atomic E-state index is -4.28. The summed E-state index contributed by atoms with van der Waals surface area (Å²) in [5.41, 5.74) is -0.635. The molecule has 0 bridgehead atoms. The summed E-state index contributed by atoms with van der Waals surface area (Å²) in [4.78, 5) is 0. The Balaban J connectivity index is 2.66. The van der Waals surface area contributed by atoms with Crippen LogP contribution in [0.5, 0.6) is 0 Å². The maximum Gasteiger partial charge on any atom is 0.411 e. The quantitative estimate of drug-likeness (QED) is 0.817. The van der Waals surface area contributed by atoms with E-state index in [2.05, 4.69) is 5.32 Å². The van der Waals surface area contributed by atoms with Crippen molar-refractivity contribution in [3.05, 3.63) is 0 Å². The van der Waals surface area contributed by atoms with Crippen LogP contribution in [0.15, 0.2) is 0 Å². The zero-order chi connectivity index (χ0) is 15.6. The number of hydrogen-bond donors (Lipinski definition) is 1. The van der Waals surface area contributed by atoms with Crippen LogP contribution in [0.3, 0.4) is 0 Å². The summed E-state index contributed by atoms with van der Waals surface area (Å²) in [5, 5.41) is 3.23. The molecule has 20 heavy (non-hydrogen) atoms. The SMILES string of the molecule is CCNC(COCC(F)(F)F)C1CC(C)(C)OC1(C)C. The van der Waals surface area contributed by atoms with E-state index in [1.165, 1.54) is 0 Å². The van der Waals surface area contributed by atoms with Crippen LogP contribution >= 0.6 is 0 Å². The van der Waals surface area contributed by atoms with Gasteiger partial charge in [0.2, 0.25) is 0 Å². The molecule has 1 rings (SSSR count). The molecule has 0 aromatic rings. The molecule has 6 heteroatoms. The average Bonchev–Trinajstić information content (AvgIpc) is 2.43. The Morgan fingerprint density at radius 1 is 1.30 bits per heavy atom. The van der Waals surface area contributed by atoms with E-state index >= 15 is 0 Å². The molecule has 0 saturated carbocycles. The van der Waals surface area contributed by atoms with E-state index in [1.54, 1.807) is 0 Å². The molecule has 2 unspecified atom stereocenters. The summed E-state index contributed by atoms with van der Waals surface area (Å²) in [5.74, 6) is 0.116. The minimum absolute atomic E-state index is 0.0425. The number of alkyl halides is 3. The van der Waals surface area contributed by atoms with Gasteiger partial charge >= 0.3 is 6.18 Å². The summed E-state index contributed by atoms with van der Waals surface area (Å²) in [7, 11) is 0. The summed E-state index contributed by atoms with van der Waals surface area (Å²) in [6, 6.07) is -0.140. The standard InChI is InChI=1S/C14H26F3NO2/c1-6-18-11(8-19-9-14(15,16)17)10-7-12(2,3)20-13(10,4)5/h10-11,18H,6-9H2,1-5H3. The first-order chi connectivity index (χ1) is 8.97. The van der Waals surface area contributed by atoms with Crippen LogP contribution in [0.1, 0.15) is 41.0 Å². The first kappa shape index (κ1) is 17.7. The highest BCUT2D eigenvalue weighted by Crippen LogP contribution is 2.43. The molecule has 1 aliphatic rings. The second kappa shape index (κ2) is 6.20. The van der Waals surface area contributed by atoms with Gasteiger partial charge in [-0.25, -0.2) is 0 Å². The highest BCUT2D eigenvalue weighted by molar-refractivity contribution is 4.99. The van der Waals surface area contributed by atoms with Gasteiger partial charge in [-0.05, 0) is 40.7 Å². The molecule has 1 heterocycles. The largest absolute Gasteiger partial charge is 0.411 e. The van der Waals surface area contributed by atoms with Gasteiger partial charge in [-0.1, -0.05) is 6.92 Å². The fourth-order valence-electron chi connectivity index (χ4n) is 3.11. The third-order valence-electron chi connectivity index (χ3n) is 3.66. The lowest BCUT2D eigenvalue weighted by Gasteiger charge is -2.33. The predicted molar refractivity (Wildman–Crippen MR) is 71.7 cm³/mol. The molecule has 0 amide bonds. The number of likely N-dealkylation sites (N-methyl/N-ethyl adjacent to an activating group) is 1. The molecule has 0 aromatic carbocycles. The van der Waals surface area contributed by atoms with Crippen molar-refractivity contribution in [3.63, 3.8) is 0 Å². The topological polar surface area (TPSA) is 30.5 Å². The molecule has 120 valence electrons. The zero-order valence-corrected chi connectivity index (χ0v) is 12.9. The Morgan fingerprint density at radius 3 is 2.30 bits per heavy atom. The Hall–Kier alpha value is -0.330. The molecule has 0 spiro atoms. The van der Waals surface area contributed by atoms with E-state index in [1.807, 2.05) is 34.6 Å². The van der Waals surface area contributed by atoms with E-state index in [9.17, 15) is 13.2 Å². The van der Waals surface area contributed by atoms with Gasteiger partial charge in [-0.15, -0.1) is 0 Å². The maximum atomic E-state index is 12.2. The Labute approximate surface area is 119 Å². The number of halogens is 3. The smallest absolute Gasteiger partial charge is 0.370 e. The lowest BCUT2D eigenvalue weighted by molar-refractivity contribution is -0.176. The molecule has 0 aromatic heterocycles. The van der Waals surface area contributed by atoms with Crippen LogP contribution in [0.2, 0.25) is 0 Å². The normalized spacial score (nSPS) is 26.7. The van der Waals surface area contributed by atoms with E-state index in [0.717, 1.165) is 6.42 Å². The van der Waals surface area contributed by atoms with Crippen LogP contribution in [0.25, 0.3) is 0 Å².